The highest BCUT2D eigenvalue weighted by molar-refractivity contribution is 5.31. The summed E-state index contributed by atoms with van der Waals surface area (Å²) in [6, 6.07) is 2.20. The Hall–Kier alpha value is -1.36. The zero-order valence-corrected chi connectivity index (χ0v) is 11.4. The minimum Gasteiger partial charge on any atom is -0.481 e. The topological polar surface area (TPSA) is 59.1 Å². The van der Waals surface area contributed by atoms with Crippen molar-refractivity contribution in [1.82, 2.24) is 15.3 Å². The lowest BCUT2D eigenvalue weighted by Crippen LogP contribution is -2.39. The maximum atomic E-state index is 5.16. The Labute approximate surface area is 108 Å². The number of hydrogen-bond donors (Lipinski definition) is 2. The van der Waals surface area contributed by atoms with Gasteiger partial charge in [0.15, 0.2) is 0 Å². The third-order valence-corrected chi connectivity index (χ3v) is 3.44. The highest BCUT2D eigenvalue weighted by atomic mass is 16.5. The van der Waals surface area contributed by atoms with Crippen LogP contribution in [-0.4, -0.2) is 36.2 Å². The van der Waals surface area contributed by atoms with Crippen LogP contribution < -0.4 is 15.4 Å². The predicted octanol–water partition coefficient (Wildman–Crippen LogP) is 1.59. The molecule has 2 N–H and O–H groups in total. The number of nitrogens with zero attached hydrogens (tertiary/aromatic N) is 2. The summed E-state index contributed by atoms with van der Waals surface area (Å²) < 4.78 is 5.16. The van der Waals surface area contributed by atoms with Crippen LogP contribution in [0.25, 0.3) is 0 Å². The molecule has 2 rings (SSSR count). The molecule has 100 valence electrons. The zero-order chi connectivity index (χ0) is 13.0. The minimum absolute atomic E-state index is 0.365. The zero-order valence-electron chi connectivity index (χ0n) is 11.4. The molecule has 2 heterocycles. The number of rotatable bonds is 4. The highest BCUT2D eigenvalue weighted by Crippen LogP contribution is 2.18. The molecule has 0 radical (unpaired) electrons. The number of methoxy groups -OCH3 is 1. The Morgan fingerprint density at radius 2 is 2.33 bits per heavy atom. The van der Waals surface area contributed by atoms with Crippen LogP contribution in [0, 0.1) is 12.8 Å². The number of piperidine rings is 1. The van der Waals surface area contributed by atoms with Gasteiger partial charge in [-0.25, -0.2) is 4.98 Å². The second-order valence-corrected chi connectivity index (χ2v) is 4.91. The van der Waals surface area contributed by atoms with Gasteiger partial charge in [0.2, 0.25) is 11.8 Å². The summed E-state index contributed by atoms with van der Waals surface area (Å²) in [5.41, 5.74) is 0.915. The van der Waals surface area contributed by atoms with Crippen molar-refractivity contribution in [3.63, 3.8) is 0 Å². The Morgan fingerprint density at radius 1 is 1.50 bits per heavy atom. The Kier molecular flexibility index (Phi) is 4.36. The number of aromatic nitrogens is 2. The summed E-state index contributed by atoms with van der Waals surface area (Å²) in [4.78, 5) is 8.72. The highest BCUT2D eigenvalue weighted by Gasteiger charge is 2.20. The molecule has 1 aromatic rings. The number of nitrogens with one attached hydrogen (secondary N) is 2. The van der Waals surface area contributed by atoms with Gasteiger partial charge in [-0.3, -0.25) is 0 Å². The first-order chi connectivity index (χ1) is 8.69. The molecule has 0 bridgehead atoms. The first-order valence-electron chi connectivity index (χ1n) is 6.56. The number of anilines is 1. The van der Waals surface area contributed by atoms with Crippen LogP contribution in [0.3, 0.4) is 0 Å². The lowest BCUT2D eigenvalue weighted by molar-refractivity contribution is 0.345. The van der Waals surface area contributed by atoms with Gasteiger partial charge in [-0.15, -0.1) is 0 Å². The summed E-state index contributed by atoms with van der Waals surface area (Å²) in [5, 5.41) is 6.81. The fraction of sp³-hybridized carbons (Fsp3) is 0.692. The van der Waals surface area contributed by atoms with Gasteiger partial charge in [-0.2, -0.15) is 4.98 Å². The molecule has 1 fully saturated rings. The van der Waals surface area contributed by atoms with Crippen molar-refractivity contribution in [3.8, 4) is 5.88 Å². The largest absolute Gasteiger partial charge is 0.481 e. The van der Waals surface area contributed by atoms with Gasteiger partial charge in [0.25, 0.3) is 0 Å². The van der Waals surface area contributed by atoms with Gasteiger partial charge in [-0.05, 0) is 45.7 Å². The molecular formula is C13H22N4O. The van der Waals surface area contributed by atoms with Crippen molar-refractivity contribution in [3.05, 3.63) is 11.8 Å². The van der Waals surface area contributed by atoms with Gasteiger partial charge in [0.1, 0.15) is 0 Å². The van der Waals surface area contributed by atoms with Gasteiger partial charge in [-0.1, -0.05) is 0 Å². The third-order valence-electron chi connectivity index (χ3n) is 3.44. The Balaban J connectivity index is 2.01. The van der Waals surface area contributed by atoms with E-state index < -0.39 is 0 Å². The van der Waals surface area contributed by atoms with E-state index >= 15 is 0 Å². The molecule has 0 aliphatic carbocycles. The Bertz CT molecular complexity index is 391. The molecule has 18 heavy (non-hydrogen) atoms. The van der Waals surface area contributed by atoms with Crippen LogP contribution in [0.15, 0.2) is 6.07 Å². The average Bonchev–Trinajstić information content (AvgIpc) is 2.39. The lowest BCUT2D eigenvalue weighted by atomic mass is 9.93. The first kappa shape index (κ1) is 13.1. The Morgan fingerprint density at radius 3 is 3.00 bits per heavy atom. The summed E-state index contributed by atoms with van der Waals surface area (Å²) in [6.45, 7) is 6.34. The molecule has 0 amide bonds. The fourth-order valence-electron chi connectivity index (χ4n) is 2.34. The van der Waals surface area contributed by atoms with E-state index in [4.69, 9.17) is 4.74 Å². The van der Waals surface area contributed by atoms with E-state index in [0.29, 0.717) is 23.8 Å². The molecule has 0 aromatic carbocycles. The quantitative estimate of drug-likeness (QED) is 0.850. The molecular weight excluding hydrogens is 228 g/mol. The van der Waals surface area contributed by atoms with Gasteiger partial charge in [0.05, 0.1) is 7.11 Å². The van der Waals surface area contributed by atoms with E-state index in [9.17, 15) is 0 Å². The molecule has 5 nitrogen and oxygen atoms in total. The van der Waals surface area contributed by atoms with E-state index in [1.54, 1.807) is 7.11 Å². The fourth-order valence-corrected chi connectivity index (χ4v) is 2.34. The minimum atomic E-state index is 0.365. The summed E-state index contributed by atoms with van der Waals surface area (Å²) in [6.07, 6.45) is 2.50. The summed E-state index contributed by atoms with van der Waals surface area (Å²) >= 11 is 0. The van der Waals surface area contributed by atoms with Crippen molar-refractivity contribution in [2.45, 2.75) is 32.7 Å². The van der Waals surface area contributed by atoms with Gasteiger partial charge >= 0.3 is 0 Å². The van der Waals surface area contributed by atoms with Gasteiger partial charge in [0, 0.05) is 17.8 Å². The molecule has 1 saturated heterocycles. The SMILES string of the molecule is COc1cc(C)nc(NC(C)C2CCCNC2)n1. The number of aryl methyl sites for hydroxylation is 1. The normalized spacial score (nSPS) is 21.4. The van der Waals surface area contributed by atoms with Crippen molar-refractivity contribution in [2.24, 2.45) is 5.92 Å². The molecule has 0 saturated carbocycles. The van der Waals surface area contributed by atoms with Crippen molar-refractivity contribution in [1.29, 1.82) is 0 Å². The summed E-state index contributed by atoms with van der Waals surface area (Å²) in [5.74, 6) is 1.90. The van der Waals surface area contributed by atoms with E-state index in [-0.39, 0.29) is 0 Å². The number of hydrogen-bond acceptors (Lipinski definition) is 5. The molecule has 1 aromatic heterocycles. The maximum absolute atomic E-state index is 5.16. The molecule has 2 atom stereocenters. The molecule has 2 unspecified atom stereocenters. The molecule has 1 aliphatic rings. The monoisotopic (exact) mass is 250 g/mol. The van der Waals surface area contributed by atoms with E-state index in [1.165, 1.54) is 12.8 Å². The lowest BCUT2D eigenvalue weighted by Gasteiger charge is -2.29. The van der Waals surface area contributed by atoms with Crippen LogP contribution >= 0.6 is 0 Å². The van der Waals surface area contributed by atoms with Crippen LogP contribution in [0.5, 0.6) is 5.88 Å². The van der Waals surface area contributed by atoms with Crippen molar-refractivity contribution >= 4 is 5.95 Å². The average molecular weight is 250 g/mol. The standard InChI is InChI=1S/C13H22N4O/c1-9-7-12(18-3)17-13(15-9)16-10(2)11-5-4-6-14-8-11/h7,10-11,14H,4-6,8H2,1-3H3,(H,15,16,17). The molecule has 0 spiro atoms. The van der Waals surface area contributed by atoms with Crippen LogP contribution in [0.1, 0.15) is 25.5 Å². The van der Waals surface area contributed by atoms with E-state index in [0.717, 1.165) is 18.8 Å². The third kappa shape index (κ3) is 3.32. The molecule has 1 aliphatic heterocycles. The van der Waals surface area contributed by atoms with E-state index in [1.807, 2.05) is 13.0 Å². The van der Waals surface area contributed by atoms with Crippen LogP contribution in [0.2, 0.25) is 0 Å². The van der Waals surface area contributed by atoms with Crippen LogP contribution in [0.4, 0.5) is 5.95 Å². The second-order valence-electron chi connectivity index (χ2n) is 4.91. The second kappa shape index (κ2) is 6.00. The molecule has 5 heteroatoms. The van der Waals surface area contributed by atoms with Gasteiger partial charge < -0.3 is 15.4 Å². The summed E-state index contributed by atoms with van der Waals surface area (Å²) in [7, 11) is 1.63. The van der Waals surface area contributed by atoms with Crippen molar-refractivity contribution in [2.75, 3.05) is 25.5 Å². The maximum Gasteiger partial charge on any atom is 0.226 e. The van der Waals surface area contributed by atoms with Crippen molar-refractivity contribution < 1.29 is 4.74 Å². The first-order valence-corrected chi connectivity index (χ1v) is 6.56. The van der Waals surface area contributed by atoms with E-state index in [2.05, 4.69) is 27.5 Å². The van der Waals surface area contributed by atoms with Crippen LogP contribution in [-0.2, 0) is 0 Å². The number of ether oxygens (including phenoxy) is 1. The predicted molar refractivity (Wildman–Crippen MR) is 72.0 cm³/mol. The smallest absolute Gasteiger partial charge is 0.226 e.